The van der Waals surface area contributed by atoms with E-state index < -0.39 is 10.0 Å². The predicted octanol–water partition coefficient (Wildman–Crippen LogP) is 3.53. The Labute approximate surface area is 138 Å². The molecule has 0 fully saturated rings. The van der Waals surface area contributed by atoms with Crippen molar-refractivity contribution in [1.29, 1.82) is 0 Å². The topological polar surface area (TPSA) is 63.4 Å². The van der Waals surface area contributed by atoms with Crippen molar-refractivity contribution >= 4 is 21.4 Å². The van der Waals surface area contributed by atoms with Gasteiger partial charge in [-0.25, -0.2) is 8.42 Å². The van der Waals surface area contributed by atoms with Gasteiger partial charge in [-0.3, -0.25) is 4.31 Å². The molecule has 1 aliphatic rings. The lowest BCUT2D eigenvalue weighted by Crippen LogP contribution is -2.29. The zero-order valence-corrected chi connectivity index (χ0v) is 14.3. The molecule has 1 unspecified atom stereocenters. The van der Waals surface area contributed by atoms with E-state index in [1.807, 2.05) is 24.3 Å². The third kappa shape index (κ3) is 2.70. The lowest BCUT2D eigenvalue weighted by molar-refractivity contribution is 0.592. The van der Waals surface area contributed by atoms with Crippen LogP contribution >= 0.6 is 0 Å². The molecule has 2 aromatic rings. The van der Waals surface area contributed by atoms with Crippen LogP contribution in [0.4, 0.5) is 11.4 Å². The summed E-state index contributed by atoms with van der Waals surface area (Å²) in [5, 5.41) is 0. The van der Waals surface area contributed by atoms with Crippen molar-refractivity contribution in [2.24, 2.45) is 0 Å². The van der Waals surface area contributed by atoms with Gasteiger partial charge in [0.05, 0.1) is 16.3 Å². The van der Waals surface area contributed by atoms with Crippen molar-refractivity contribution in [2.75, 3.05) is 16.6 Å². The van der Waals surface area contributed by atoms with E-state index in [9.17, 15) is 8.42 Å². The van der Waals surface area contributed by atoms with E-state index in [2.05, 4.69) is 13.8 Å². The summed E-state index contributed by atoms with van der Waals surface area (Å²) < 4.78 is 27.4. The molecule has 5 heteroatoms. The molecule has 0 bridgehead atoms. The van der Waals surface area contributed by atoms with Crippen molar-refractivity contribution in [2.45, 2.75) is 37.5 Å². The maximum Gasteiger partial charge on any atom is 0.264 e. The maximum atomic E-state index is 13.0. The molecule has 23 heavy (non-hydrogen) atoms. The van der Waals surface area contributed by atoms with Gasteiger partial charge in [0.1, 0.15) is 0 Å². The Kier molecular flexibility index (Phi) is 4.06. The second-order valence-corrected chi connectivity index (χ2v) is 7.92. The molecule has 0 spiro atoms. The van der Waals surface area contributed by atoms with E-state index in [0.29, 0.717) is 35.2 Å². The van der Waals surface area contributed by atoms with E-state index in [-0.39, 0.29) is 0 Å². The van der Waals surface area contributed by atoms with Crippen molar-refractivity contribution in [3.63, 3.8) is 0 Å². The van der Waals surface area contributed by atoms with E-state index in [1.54, 1.807) is 18.2 Å². The largest absolute Gasteiger partial charge is 0.397 e. The number of hydrogen-bond acceptors (Lipinski definition) is 3. The molecule has 2 N–H and O–H groups in total. The van der Waals surface area contributed by atoms with Gasteiger partial charge in [-0.15, -0.1) is 0 Å². The standard InChI is InChI=1S/C18H22N2O2S/c1-3-13(2)14-7-9-16(10-8-14)23(21,22)20-12-11-15-5-4-6-17(19)18(15)20/h4-10,13H,3,11-12,19H2,1-2H3. The maximum absolute atomic E-state index is 13.0. The molecule has 0 amide bonds. The van der Waals surface area contributed by atoms with Crippen LogP contribution in [0.2, 0.25) is 0 Å². The highest BCUT2D eigenvalue weighted by Crippen LogP contribution is 2.37. The van der Waals surface area contributed by atoms with Gasteiger partial charge in [-0.1, -0.05) is 38.1 Å². The minimum atomic E-state index is -3.57. The molecule has 0 aromatic heterocycles. The molecule has 122 valence electrons. The van der Waals surface area contributed by atoms with Crippen molar-refractivity contribution in [1.82, 2.24) is 0 Å². The summed E-state index contributed by atoms with van der Waals surface area (Å²) in [5.41, 5.74) is 9.31. The number of rotatable bonds is 4. The highest BCUT2D eigenvalue weighted by molar-refractivity contribution is 7.92. The molecular weight excluding hydrogens is 308 g/mol. The van der Waals surface area contributed by atoms with Crippen LogP contribution in [0.1, 0.15) is 37.3 Å². The Morgan fingerprint density at radius 2 is 1.87 bits per heavy atom. The van der Waals surface area contributed by atoms with Gasteiger partial charge in [0.15, 0.2) is 0 Å². The fraction of sp³-hybridized carbons (Fsp3) is 0.333. The average Bonchev–Trinajstić information content (AvgIpc) is 3.00. The van der Waals surface area contributed by atoms with E-state index >= 15 is 0 Å². The molecule has 3 rings (SSSR count). The molecule has 2 aromatic carbocycles. The summed E-state index contributed by atoms with van der Waals surface area (Å²) in [7, 11) is -3.57. The van der Waals surface area contributed by atoms with Gasteiger partial charge < -0.3 is 5.73 Å². The zero-order valence-electron chi connectivity index (χ0n) is 13.5. The molecule has 1 atom stereocenters. The minimum Gasteiger partial charge on any atom is -0.397 e. The van der Waals surface area contributed by atoms with Crippen LogP contribution in [0.3, 0.4) is 0 Å². The first-order valence-electron chi connectivity index (χ1n) is 7.95. The first kappa shape index (κ1) is 15.9. The van der Waals surface area contributed by atoms with Gasteiger partial charge in [-0.05, 0) is 48.1 Å². The van der Waals surface area contributed by atoms with E-state index in [1.165, 1.54) is 4.31 Å². The fourth-order valence-corrected chi connectivity index (χ4v) is 4.55. The van der Waals surface area contributed by atoms with Crippen LogP contribution in [0.15, 0.2) is 47.4 Å². The number of fused-ring (bicyclic) bond motifs is 1. The Bertz CT molecular complexity index is 813. The molecule has 4 nitrogen and oxygen atoms in total. The number of hydrogen-bond donors (Lipinski definition) is 1. The molecule has 1 heterocycles. The van der Waals surface area contributed by atoms with Gasteiger partial charge in [0.25, 0.3) is 10.0 Å². The van der Waals surface area contributed by atoms with Crippen molar-refractivity contribution in [3.05, 3.63) is 53.6 Å². The molecule has 0 saturated heterocycles. The SMILES string of the molecule is CCC(C)c1ccc(S(=O)(=O)N2CCc3cccc(N)c32)cc1. The van der Waals surface area contributed by atoms with Crippen molar-refractivity contribution in [3.8, 4) is 0 Å². The summed E-state index contributed by atoms with van der Waals surface area (Å²) in [6, 6.07) is 12.8. The lowest BCUT2D eigenvalue weighted by atomic mass is 9.99. The second kappa shape index (κ2) is 5.89. The summed E-state index contributed by atoms with van der Waals surface area (Å²) >= 11 is 0. The summed E-state index contributed by atoms with van der Waals surface area (Å²) in [4.78, 5) is 0.320. The smallest absolute Gasteiger partial charge is 0.264 e. The highest BCUT2D eigenvalue weighted by atomic mass is 32.2. The summed E-state index contributed by atoms with van der Waals surface area (Å²) in [5.74, 6) is 0.426. The third-order valence-electron chi connectivity index (χ3n) is 4.63. The Hall–Kier alpha value is -2.01. The van der Waals surface area contributed by atoms with Gasteiger partial charge in [0, 0.05) is 6.54 Å². The molecule has 0 aliphatic carbocycles. The van der Waals surface area contributed by atoms with Gasteiger partial charge in [-0.2, -0.15) is 0 Å². The lowest BCUT2D eigenvalue weighted by Gasteiger charge is -2.21. The Morgan fingerprint density at radius 1 is 1.17 bits per heavy atom. The van der Waals surface area contributed by atoms with Gasteiger partial charge in [0.2, 0.25) is 0 Å². The van der Waals surface area contributed by atoms with Gasteiger partial charge >= 0.3 is 0 Å². The zero-order chi connectivity index (χ0) is 16.6. The van der Waals surface area contributed by atoms with Crippen LogP contribution < -0.4 is 10.0 Å². The van der Waals surface area contributed by atoms with Crippen LogP contribution in [0.25, 0.3) is 0 Å². The van der Waals surface area contributed by atoms with Crippen LogP contribution in [-0.2, 0) is 16.4 Å². The molecule has 0 saturated carbocycles. The minimum absolute atomic E-state index is 0.320. The second-order valence-electron chi connectivity index (χ2n) is 6.06. The first-order valence-corrected chi connectivity index (χ1v) is 9.39. The monoisotopic (exact) mass is 330 g/mol. The Balaban J connectivity index is 1.98. The molecule has 0 radical (unpaired) electrons. The molecular formula is C18H22N2O2S. The number of para-hydroxylation sites is 1. The van der Waals surface area contributed by atoms with Crippen molar-refractivity contribution < 1.29 is 8.42 Å². The van der Waals surface area contributed by atoms with Crippen LogP contribution in [0, 0.1) is 0 Å². The Morgan fingerprint density at radius 3 is 2.52 bits per heavy atom. The first-order chi connectivity index (χ1) is 10.9. The highest BCUT2D eigenvalue weighted by Gasteiger charge is 2.32. The quantitative estimate of drug-likeness (QED) is 0.872. The van der Waals surface area contributed by atoms with Crippen LogP contribution in [-0.4, -0.2) is 15.0 Å². The fourth-order valence-electron chi connectivity index (χ4n) is 3.02. The summed E-state index contributed by atoms with van der Waals surface area (Å²) in [6.45, 7) is 4.71. The van der Waals surface area contributed by atoms with Crippen LogP contribution in [0.5, 0.6) is 0 Å². The molecule has 1 aliphatic heterocycles. The number of benzene rings is 2. The average molecular weight is 330 g/mol. The van der Waals surface area contributed by atoms with E-state index in [0.717, 1.165) is 17.5 Å². The number of sulfonamides is 1. The number of nitrogens with two attached hydrogens (primary N) is 1. The van der Waals surface area contributed by atoms with E-state index in [4.69, 9.17) is 5.73 Å². The normalized spacial score (nSPS) is 15.5. The number of anilines is 2. The summed E-state index contributed by atoms with van der Waals surface area (Å²) in [6.07, 6.45) is 1.73. The number of nitrogen functional groups attached to an aromatic ring is 1. The third-order valence-corrected chi connectivity index (χ3v) is 6.45. The predicted molar refractivity (Wildman–Crippen MR) is 94.2 cm³/mol. The number of nitrogens with zero attached hydrogens (tertiary/aromatic N) is 1.